The molecule has 1 aliphatic heterocycles. The van der Waals surface area contributed by atoms with Crippen LogP contribution < -0.4 is 15.4 Å². The van der Waals surface area contributed by atoms with Crippen LogP contribution in [0, 0.1) is 0 Å². The van der Waals surface area contributed by atoms with E-state index < -0.39 is 6.29 Å². The van der Waals surface area contributed by atoms with Gasteiger partial charge in [-0.3, -0.25) is 0 Å². The fourth-order valence-electron chi connectivity index (χ4n) is 5.07. The van der Waals surface area contributed by atoms with Gasteiger partial charge in [-0.25, -0.2) is 4.79 Å². The zero-order valence-electron chi connectivity index (χ0n) is 24.5. The van der Waals surface area contributed by atoms with Crippen molar-refractivity contribution in [1.82, 2.24) is 10.6 Å². The SMILES string of the molecule is CCNC(=O)NCc1cccc(-c2cccc([C@@H]3O[C@H](CSc4ccccc4OC)C[C@H](c4ccc(CO)cc4)O3)c2)c1. The Balaban J connectivity index is 1.36. The average Bonchev–Trinajstić information content (AvgIpc) is 3.07. The van der Waals surface area contributed by atoms with Gasteiger partial charge in [-0.15, -0.1) is 11.8 Å². The number of carbonyl (C=O) groups is 1. The minimum atomic E-state index is -0.554. The van der Waals surface area contributed by atoms with Gasteiger partial charge in [0.25, 0.3) is 0 Å². The number of thioether (sulfide) groups is 1. The van der Waals surface area contributed by atoms with E-state index >= 15 is 0 Å². The van der Waals surface area contributed by atoms with E-state index in [9.17, 15) is 9.90 Å². The molecule has 1 aliphatic rings. The van der Waals surface area contributed by atoms with Crippen LogP contribution in [0.25, 0.3) is 11.1 Å². The van der Waals surface area contributed by atoms with E-state index in [1.54, 1.807) is 18.9 Å². The molecule has 0 radical (unpaired) electrons. The molecular formula is C35H38N2O5S. The van der Waals surface area contributed by atoms with E-state index in [1.807, 2.05) is 73.7 Å². The largest absolute Gasteiger partial charge is 0.496 e. The Morgan fingerprint density at radius 1 is 0.884 bits per heavy atom. The van der Waals surface area contributed by atoms with Gasteiger partial charge in [0.2, 0.25) is 0 Å². The molecule has 2 amide bonds. The van der Waals surface area contributed by atoms with E-state index in [1.165, 1.54) is 0 Å². The first-order chi connectivity index (χ1) is 21.1. The molecular weight excluding hydrogens is 560 g/mol. The summed E-state index contributed by atoms with van der Waals surface area (Å²) in [6.07, 6.45) is -0.0787. The molecule has 0 spiro atoms. The summed E-state index contributed by atoms with van der Waals surface area (Å²) in [5.74, 6) is 1.59. The van der Waals surface area contributed by atoms with E-state index in [-0.39, 0.29) is 24.8 Å². The van der Waals surface area contributed by atoms with Gasteiger partial charge in [-0.1, -0.05) is 72.8 Å². The van der Waals surface area contributed by atoms with Crippen molar-refractivity contribution in [3.8, 4) is 16.9 Å². The van der Waals surface area contributed by atoms with Gasteiger partial charge in [-0.2, -0.15) is 0 Å². The molecule has 7 nitrogen and oxygen atoms in total. The number of para-hydroxylation sites is 1. The molecule has 4 aromatic carbocycles. The zero-order valence-corrected chi connectivity index (χ0v) is 25.3. The number of urea groups is 1. The summed E-state index contributed by atoms with van der Waals surface area (Å²) in [7, 11) is 1.69. The van der Waals surface area contributed by atoms with Crippen LogP contribution in [-0.2, 0) is 22.6 Å². The second-order valence-electron chi connectivity index (χ2n) is 10.4. The Morgan fingerprint density at radius 3 is 2.42 bits per heavy atom. The first-order valence-electron chi connectivity index (χ1n) is 14.5. The molecule has 43 heavy (non-hydrogen) atoms. The first-order valence-corrected chi connectivity index (χ1v) is 15.5. The van der Waals surface area contributed by atoms with E-state index in [0.717, 1.165) is 49.8 Å². The van der Waals surface area contributed by atoms with Crippen molar-refractivity contribution in [2.45, 2.75) is 49.9 Å². The molecule has 0 unspecified atom stereocenters. The lowest BCUT2D eigenvalue weighted by atomic mass is 9.99. The third-order valence-electron chi connectivity index (χ3n) is 7.32. The minimum Gasteiger partial charge on any atom is -0.496 e. The number of hydrogen-bond acceptors (Lipinski definition) is 6. The van der Waals surface area contributed by atoms with Crippen molar-refractivity contribution < 1.29 is 24.1 Å². The van der Waals surface area contributed by atoms with Crippen molar-refractivity contribution in [2.24, 2.45) is 0 Å². The summed E-state index contributed by atoms with van der Waals surface area (Å²) >= 11 is 1.72. The highest BCUT2D eigenvalue weighted by Crippen LogP contribution is 2.41. The number of rotatable bonds is 11. The Hall–Kier alpha value is -3.82. The number of ether oxygens (including phenoxy) is 3. The van der Waals surface area contributed by atoms with Gasteiger partial charge in [0.15, 0.2) is 6.29 Å². The van der Waals surface area contributed by atoms with E-state index in [0.29, 0.717) is 19.5 Å². The summed E-state index contributed by atoms with van der Waals surface area (Å²) in [5.41, 5.74) is 5.96. The van der Waals surface area contributed by atoms with Gasteiger partial charge < -0.3 is 30.0 Å². The van der Waals surface area contributed by atoms with Gasteiger partial charge in [0.1, 0.15) is 5.75 Å². The highest BCUT2D eigenvalue weighted by molar-refractivity contribution is 7.99. The van der Waals surface area contributed by atoms with Crippen LogP contribution in [0.4, 0.5) is 4.79 Å². The molecule has 0 bridgehead atoms. The monoisotopic (exact) mass is 598 g/mol. The quantitative estimate of drug-likeness (QED) is 0.161. The molecule has 1 fully saturated rings. The number of nitrogens with one attached hydrogen (secondary N) is 2. The highest BCUT2D eigenvalue weighted by Gasteiger charge is 2.32. The molecule has 0 saturated carbocycles. The Bertz CT molecular complexity index is 1500. The molecule has 0 aromatic heterocycles. The van der Waals surface area contributed by atoms with Crippen LogP contribution in [0.2, 0.25) is 0 Å². The van der Waals surface area contributed by atoms with Gasteiger partial charge in [0.05, 0.1) is 25.9 Å². The van der Waals surface area contributed by atoms with Crippen LogP contribution in [0.3, 0.4) is 0 Å². The maximum absolute atomic E-state index is 11.9. The maximum atomic E-state index is 11.9. The van der Waals surface area contributed by atoms with Crippen LogP contribution in [0.5, 0.6) is 5.75 Å². The number of methoxy groups -OCH3 is 1. The molecule has 1 saturated heterocycles. The van der Waals surface area contributed by atoms with Gasteiger partial charge >= 0.3 is 6.03 Å². The number of aliphatic hydroxyl groups excluding tert-OH is 1. The zero-order chi connectivity index (χ0) is 30.0. The summed E-state index contributed by atoms with van der Waals surface area (Å²) < 4.78 is 18.7. The molecule has 4 aromatic rings. The Kier molecular flexibility index (Phi) is 10.7. The molecule has 3 atom stereocenters. The average molecular weight is 599 g/mol. The summed E-state index contributed by atoms with van der Waals surface area (Å²) in [6, 6.07) is 32.2. The molecule has 0 aliphatic carbocycles. The first kappa shape index (κ1) is 30.6. The number of aliphatic hydroxyl groups is 1. The fraction of sp³-hybridized carbons (Fsp3) is 0.286. The summed E-state index contributed by atoms with van der Waals surface area (Å²) in [4.78, 5) is 12.9. The normalized spacial score (nSPS) is 18.2. The fourth-order valence-corrected chi connectivity index (χ4v) is 6.12. The van der Waals surface area contributed by atoms with Crippen molar-refractivity contribution >= 4 is 17.8 Å². The third kappa shape index (κ3) is 8.18. The lowest BCUT2D eigenvalue weighted by Crippen LogP contribution is -2.34. The predicted octanol–water partition coefficient (Wildman–Crippen LogP) is 7.01. The van der Waals surface area contributed by atoms with Crippen molar-refractivity contribution in [3.63, 3.8) is 0 Å². The molecule has 5 rings (SSSR count). The third-order valence-corrected chi connectivity index (χ3v) is 8.50. The second-order valence-corrected chi connectivity index (χ2v) is 11.4. The smallest absolute Gasteiger partial charge is 0.315 e. The summed E-state index contributed by atoms with van der Waals surface area (Å²) in [5, 5.41) is 15.2. The molecule has 1 heterocycles. The van der Waals surface area contributed by atoms with Crippen LogP contribution >= 0.6 is 11.8 Å². The van der Waals surface area contributed by atoms with Crippen molar-refractivity contribution in [2.75, 3.05) is 19.4 Å². The van der Waals surface area contributed by atoms with Gasteiger partial charge in [0, 0.05) is 35.7 Å². The summed E-state index contributed by atoms with van der Waals surface area (Å²) in [6.45, 7) is 2.92. The molecule has 8 heteroatoms. The Labute approximate surface area is 257 Å². The number of benzene rings is 4. The topological polar surface area (TPSA) is 89.1 Å². The van der Waals surface area contributed by atoms with E-state index in [2.05, 4.69) is 41.0 Å². The molecule has 224 valence electrons. The number of hydrogen-bond donors (Lipinski definition) is 3. The maximum Gasteiger partial charge on any atom is 0.315 e. The lowest BCUT2D eigenvalue weighted by molar-refractivity contribution is -0.245. The Morgan fingerprint density at radius 2 is 1.65 bits per heavy atom. The number of amides is 2. The standard InChI is InChI=1S/C35H38N2O5S/c1-3-36-35(39)37-21-25-8-6-9-27(18-25)28-10-7-11-29(19-28)34-41-30(23-43-33-13-5-4-12-31(33)40-2)20-32(42-34)26-16-14-24(22-38)15-17-26/h4-19,30,32,34,38H,3,20-23H2,1-2H3,(H2,36,37,39)/t30-,32+,34+/m0/s1. The van der Waals surface area contributed by atoms with Crippen molar-refractivity contribution in [3.05, 3.63) is 119 Å². The predicted molar refractivity (Wildman–Crippen MR) is 170 cm³/mol. The lowest BCUT2D eigenvalue weighted by Gasteiger charge is -2.36. The van der Waals surface area contributed by atoms with E-state index in [4.69, 9.17) is 14.2 Å². The second kappa shape index (κ2) is 15.1. The highest BCUT2D eigenvalue weighted by atomic mass is 32.2. The van der Waals surface area contributed by atoms with Crippen LogP contribution in [-0.4, -0.2) is 36.6 Å². The molecule has 3 N–H and O–H groups in total. The number of carbonyl (C=O) groups excluding carboxylic acids is 1. The van der Waals surface area contributed by atoms with Crippen LogP contribution in [0.15, 0.2) is 102 Å². The van der Waals surface area contributed by atoms with Crippen LogP contribution in [0.1, 0.15) is 48.0 Å². The van der Waals surface area contributed by atoms with Crippen molar-refractivity contribution in [1.29, 1.82) is 0 Å². The van der Waals surface area contributed by atoms with Gasteiger partial charge in [-0.05, 0) is 59.0 Å². The minimum absolute atomic E-state index is 0.00566.